The van der Waals surface area contributed by atoms with Crippen LogP contribution in [0.15, 0.2) is 72.8 Å². The average molecular weight is 957 g/mol. The minimum atomic E-state index is -3.02. The monoisotopic (exact) mass is 956 g/mol. The number of hydrogen-bond donors (Lipinski definition) is 4. The van der Waals surface area contributed by atoms with Crippen molar-refractivity contribution < 1.29 is 65.3 Å². The Morgan fingerprint density at radius 3 is 1.20 bits per heavy atom. The van der Waals surface area contributed by atoms with E-state index in [1.165, 1.54) is 14.2 Å². The van der Waals surface area contributed by atoms with Gasteiger partial charge in [0.05, 0.1) is 40.6 Å². The maximum atomic E-state index is 10.1. The minimum absolute atomic E-state index is 0.0436. The molecule has 0 saturated carbocycles. The van der Waals surface area contributed by atoms with Gasteiger partial charge in [0.15, 0.2) is 23.0 Å². The lowest BCUT2D eigenvalue weighted by Crippen LogP contribution is -2.67. The highest BCUT2D eigenvalue weighted by Gasteiger charge is 2.56. The highest BCUT2D eigenvalue weighted by molar-refractivity contribution is 6.93. The molecule has 0 bridgehead atoms. The van der Waals surface area contributed by atoms with Gasteiger partial charge in [-0.3, -0.25) is 0 Å². The Morgan fingerprint density at radius 2 is 0.797 bits per heavy atom. The van der Waals surface area contributed by atoms with Gasteiger partial charge in [0.25, 0.3) is 0 Å². The molecule has 1 aliphatic heterocycles. The average Bonchev–Trinajstić information content (AvgIpc) is 3.24. The maximum Gasteiger partial charge on any atom is 0.317 e. The Morgan fingerprint density at radius 1 is 0.438 bits per heavy atom. The highest BCUT2D eigenvalue weighted by Crippen LogP contribution is 2.39. The fourth-order valence-corrected chi connectivity index (χ4v) is 31.1. The topological polar surface area (TPSA) is 173 Å². The summed E-state index contributed by atoms with van der Waals surface area (Å²) >= 11 is 0. The van der Waals surface area contributed by atoms with E-state index in [9.17, 15) is 20.4 Å². The molecule has 5 rings (SSSR count). The summed E-state index contributed by atoms with van der Waals surface area (Å²) in [5.74, 6) is 3.34. The summed E-state index contributed by atoms with van der Waals surface area (Å²) in [6.07, 6.45) is 3.39. The third-order valence-electron chi connectivity index (χ3n) is 11.0. The first-order chi connectivity index (χ1) is 30.4. The number of methoxy groups -OCH3 is 2. The molecule has 0 aliphatic carbocycles. The van der Waals surface area contributed by atoms with E-state index in [1.54, 1.807) is 48.5 Å². The van der Waals surface area contributed by atoms with Crippen molar-refractivity contribution in [2.75, 3.05) is 47.3 Å². The van der Waals surface area contributed by atoms with Crippen molar-refractivity contribution in [1.82, 2.24) is 0 Å². The number of rotatable bonds is 24. The van der Waals surface area contributed by atoms with Crippen molar-refractivity contribution in [3.63, 3.8) is 0 Å². The molecule has 4 aromatic carbocycles. The van der Waals surface area contributed by atoms with Crippen LogP contribution in [0.3, 0.4) is 0 Å². The molecule has 0 amide bonds. The van der Waals surface area contributed by atoms with Crippen molar-refractivity contribution in [2.45, 2.75) is 96.3 Å². The van der Waals surface area contributed by atoms with E-state index in [-0.39, 0.29) is 23.0 Å². The number of phenolic OH excluding ortho intramolecular Hbond substituents is 4. The van der Waals surface area contributed by atoms with Crippen molar-refractivity contribution in [1.29, 1.82) is 0 Å². The quantitative estimate of drug-likeness (QED) is 0.0386. The van der Waals surface area contributed by atoms with E-state index in [2.05, 4.69) is 26.2 Å². The van der Waals surface area contributed by atoms with Gasteiger partial charge in [-0.05, 0) is 174 Å². The molecule has 352 valence electrons. The van der Waals surface area contributed by atoms with Crippen LogP contribution in [0.4, 0.5) is 0 Å². The molecule has 14 nitrogen and oxygen atoms in total. The van der Waals surface area contributed by atoms with E-state index in [0.717, 1.165) is 16.7 Å². The number of phenols is 4. The molecular weight excluding hydrogens is 889 g/mol. The van der Waals surface area contributed by atoms with Gasteiger partial charge in [-0.15, -0.1) is 0 Å². The zero-order valence-corrected chi connectivity index (χ0v) is 42.7. The predicted molar refractivity (Wildman–Crippen MR) is 255 cm³/mol. The number of hydrogen-bond acceptors (Lipinski definition) is 14. The second kappa shape index (κ2) is 23.3. The molecule has 1 aliphatic rings. The van der Waals surface area contributed by atoms with Gasteiger partial charge >= 0.3 is 34.2 Å². The summed E-state index contributed by atoms with van der Waals surface area (Å²) in [5, 5.41) is 40.1. The van der Waals surface area contributed by atoms with Crippen LogP contribution in [0.2, 0.25) is 50.4 Å². The number of benzene rings is 4. The molecule has 4 unspecified atom stereocenters. The second-order valence-corrected chi connectivity index (χ2v) is 31.3. The summed E-state index contributed by atoms with van der Waals surface area (Å²) in [6, 6.07) is 23.3. The van der Waals surface area contributed by atoms with Gasteiger partial charge in [-0.25, -0.2) is 0 Å². The maximum absolute atomic E-state index is 10.1. The van der Waals surface area contributed by atoms with Gasteiger partial charge in [0.1, 0.15) is 28.7 Å². The van der Waals surface area contributed by atoms with Crippen LogP contribution in [-0.4, -0.2) is 102 Å². The molecular formula is C46H68O14Si4. The van der Waals surface area contributed by atoms with Crippen molar-refractivity contribution in [3.05, 3.63) is 89.5 Å². The van der Waals surface area contributed by atoms with Crippen LogP contribution in [-0.2, 0) is 27.6 Å². The molecule has 64 heavy (non-hydrogen) atoms. The molecule has 0 radical (unpaired) electrons. The van der Waals surface area contributed by atoms with Gasteiger partial charge < -0.3 is 65.3 Å². The summed E-state index contributed by atoms with van der Waals surface area (Å²) in [4.78, 5) is 0. The molecule has 18 heteroatoms. The predicted octanol–water partition coefficient (Wildman–Crippen LogP) is 9.87. The largest absolute Gasteiger partial charge is 0.508 e. The normalized spacial score (nSPS) is 22.3. The van der Waals surface area contributed by atoms with Gasteiger partial charge in [0, 0.05) is 12.7 Å². The molecule has 0 aromatic heterocycles. The SMILES string of the molecule is COc1cc(CCOCCC[Si]2(C)O[Si](C)(CCCOc3ccc(O)c(C)c3)O[Si](C)(CCCOc3ccc(O)c(C)c3)O[Si](C)(CCCOc3ccc(O)c(OC)c3)O2)ccc1O. The fraction of sp³-hybridized carbons (Fsp3) is 0.478. The van der Waals surface area contributed by atoms with Crippen LogP contribution >= 0.6 is 0 Å². The molecule has 4 N–H and O–H groups in total. The van der Waals surface area contributed by atoms with Crippen molar-refractivity contribution >= 4 is 34.2 Å². The number of aromatic hydroxyl groups is 4. The van der Waals surface area contributed by atoms with E-state index in [1.807, 2.05) is 38.1 Å². The van der Waals surface area contributed by atoms with E-state index in [0.29, 0.717) is 118 Å². The Kier molecular flexibility index (Phi) is 18.5. The standard InChI is InChI=1S/C46H68O14Si4/c1-35-31-38(14-18-41(35)47)54-23-10-28-62(6)57-61(5,27-9-22-53-26-21-37-13-17-43(49)45(33-37)51-3)58-63(7,30-12-25-56-40-16-20-44(50)46(34-40)52-4)60-64(8,59-62)29-11-24-55-39-15-19-42(48)36(2)32-39/h13-20,31-34,47-50H,9-12,21-30H2,1-8H3. The molecule has 1 saturated heterocycles. The molecule has 1 fully saturated rings. The van der Waals surface area contributed by atoms with Crippen LogP contribution in [0.5, 0.6) is 51.7 Å². The van der Waals surface area contributed by atoms with E-state index < -0.39 is 34.2 Å². The fourth-order valence-electron chi connectivity index (χ4n) is 7.92. The van der Waals surface area contributed by atoms with Crippen LogP contribution < -0.4 is 23.7 Å². The zero-order chi connectivity index (χ0) is 46.4. The smallest absolute Gasteiger partial charge is 0.317 e. The Hall–Kier alpha value is -4.25. The third kappa shape index (κ3) is 15.4. The lowest BCUT2D eigenvalue weighted by molar-refractivity contribution is 0.135. The first kappa shape index (κ1) is 50.7. The van der Waals surface area contributed by atoms with Crippen LogP contribution in [0.1, 0.15) is 42.4 Å². The van der Waals surface area contributed by atoms with Gasteiger partial charge in [0.2, 0.25) is 0 Å². The minimum Gasteiger partial charge on any atom is -0.508 e. The number of ether oxygens (including phenoxy) is 6. The first-order valence-corrected chi connectivity index (χ1v) is 32.1. The highest BCUT2D eigenvalue weighted by atomic mass is 28.5. The summed E-state index contributed by atoms with van der Waals surface area (Å²) < 4.78 is 64.6. The second-order valence-electron chi connectivity index (χ2n) is 17.0. The lowest BCUT2D eigenvalue weighted by Gasteiger charge is -2.50. The zero-order valence-electron chi connectivity index (χ0n) is 38.7. The lowest BCUT2D eigenvalue weighted by atomic mass is 10.1. The van der Waals surface area contributed by atoms with Crippen molar-refractivity contribution in [2.24, 2.45) is 0 Å². The summed E-state index contributed by atoms with van der Waals surface area (Å²) in [5.41, 5.74) is 2.50. The molecule has 0 spiro atoms. The van der Waals surface area contributed by atoms with E-state index >= 15 is 0 Å². The summed E-state index contributed by atoms with van der Waals surface area (Å²) in [7, 11) is -8.99. The van der Waals surface area contributed by atoms with Crippen LogP contribution in [0.25, 0.3) is 0 Å². The number of aryl methyl sites for hydroxylation is 2. The van der Waals surface area contributed by atoms with Crippen molar-refractivity contribution in [3.8, 4) is 51.7 Å². The summed E-state index contributed by atoms with van der Waals surface area (Å²) in [6.45, 7) is 14.5. The van der Waals surface area contributed by atoms with Crippen LogP contribution in [0, 0.1) is 13.8 Å². The van der Waals surface area contributed by atoms with Gasteiger partial charge in [-0.1, -0.05) is 6.07 Å². The molecule has 1 heterocycles. The Balaban J connectivity index is 1.32. The first-order valence-electron chi connectivity index (χ1n) is 22.0. The molecule has 4 aromatic rings. The Labute approximate surface area is 382 Å². The Bertz CT molecular complexity index is 2110. The van der Waals surface area contributed by atoms with E-state index in [4.69, 9.17) is 44.9 Å². The third-order valence-corrected chi connectivity index (χ3v) is 29.9. The van der Waals surface area contributed by atoms with Gasteiger partial charge in [-0.2, -0.15) is 0 Å². The molecule has 4 atom stereocenters.